The van der Waals surface area contributed by atoms with E-state index < -0.39 is 0 Å². The Labute approximate surface area is 169 Å². The SMILES string of the molecule is CC(=O)Nc1nc(CSc2nnc(-c3ccoc3C)n2-c2ccccc2)cs1. The van der Waals surface area contributed by atoms with Crippen LogP contribution in [0.4, 0.5) is 5.13 Å². The molecule has 1 amide bonds. The van der Waals surface area contributed by atoms with E-state index in [4.69, 9.17) is 4.42 Å². The van der Waals surface area contributed by atoms with Crippen LogP contribution in [0.15, 0.2) is 57.6 Å². The van der Waals surface area contributed by atoms with Gasteiger partial charge in [0.2, 0.25) is 5.91 Å². The molecule has 0 aliphatic heterocycles. The molecule has 0 atom stereocenters. The van der Waals surface area contributed by atoms with E-state index >= 15 is 0 Å². The number of aromatic nitrogens is 4. The van der Waals surface area contributed by atoms with E-state index in [0.717, 1.165) is 33.7 Å². The summed E-state index contributed by atoms with van der Waals surface area (Å²) in [7, 11) is 0. The minimum absolute atomic E-state index is 0.127. The first-order valence-electron chi connectivity index (χ1n) is 8.52. The number of aryl methyl sites for hydroxylation is 1. The van der Waals surface area contributed by atoms with E-state index in [9.17, 15) is 4.79 Å². The first-order valence-corrected chi connectivity index (χ1v) is 10.4. The summed E-state index contributed by atoms with van der Waals surface area (Å²) in [4.78, 5) is 15.6. The lowest BCUT2D eigenvalue weighted by Gasteiger charge is -2.09. The molecule has 0 spiro atoms. The molecule has 7 nitrogen and oxygen atoms in total. The van der Waals surface area contributed by atoms with Gasteiger partial charge >= 0.3 is 0 Å². The molecule has 9 heteroatoms. The lowest BCUT2D eigenvalue weighted by Crippen LogP contribution is -2.05. The summed E-state index contributed by atoms with van der Waals surface area (Å²) in [5, 5.41) is 14.8. The van der Waals surface area contributed by atoms with Gasteiger partial charge in [0.1, 0.15) is 5.76 Å². The third kappa shape index (κ3) is 3.85. The summed E-state index contributed by atoms with van der Waals surface area (Å²) >= 11 is 2.95. The summed E-state index contributed by atoms with van der Waals surface area (Å²) < 4.78 is 7.47. The third-order valence-electron chi connectivity index (χ3n) is 3.93. The van der Waals surface area contributed by atoms with Gasteiger partial charge in [-0.25, -0.2) is 4.98 Å². The number of furan rings is 1. The minimum Gasteiger partial charge on any atom is -0.469 e. The number of hydrogen-bond donors (Lipinski definition) is 1. The van der Waals surface area contributed by atoms with E-state index in [0.29, 0.717) is 10.9 Å². The monoisotopic (exact) mass is 411 g/mol. The maximum absolute atomic E-state index is 11.2. The Balaban J connectivity index is 1.64. The van der Waals surface area contributed by atoms with Crippen LogP contribution >= 0.6 is 23.1 Å². The number of carbonyl (C=O) groups is 1. The second-order valence-electron chi connectivity index (χ2n) is 5.98. The van der Waals surface area contributed by atoms with Gasteiger partial charge in [0.05, 0.1) is 17.5 Å². The Morgan fingerprint density at radius 1 is 1.25 bits per heavy atom. The maximum atomic E-state index is 11.2. The van der Waals surface area contributed by atoms with Crippen LogP contribution in [0.5, 0.6) is 0 Å². The van der Waals surface area contributed by atoms with Gasteiger partial charge in [0, 0.05) is 23.7 Å². The predicted molar refractivity (Wildman–Crippen MR) is 110 cm³/mol. The van der Waals surface area contributed by atoms with Crippen LogP contribution in [-0.2, 0) is 10.5 Å². The summed E-state index contributed by atoms with van der Waals surface area (Å²) in [6, 6.07) is 11.9. The standard InChI is InChI=1S/C19H17N5O2S2/c1-12-16(8-9-26-12)17-22-23-19(24(17)15-6-4-3-5-7-15)28-11-14-10-27-18(21-14)20-13(2)25/h3-10H,11H2,1-2H3,(H,20,21,25). The molecule has 0 bridgehead atoms. The Morgan fingerprint density at radius 2 is 2.07 bits per heavy atom. The number of carbonyl (C=O) groups excluding carboxylic acids is 1. The predicted octanol–water partition coefficient (Wildman–Crippen LogP) is 4.54. The smallest absolute Gasteiger partial charge is 0.223 e. The van der Waals surface area contributed by atoms with Crippen molar-refractivity contribution in [2.24, 2.45) is 0 Å². The van der Waals surface area contributed by atoms with Gasteiger partial charge in [-0.3, -0.25) is 9.36 Å². The summed E-state index contributed by atoms with van der Waals surface area (Å²) in [6.07, 6.45) is 1.65. The zero-order valence-electron chi connectivity index (χ0n) is 15.2. The molecule has 0 aliphatic rings. The van der Waals surface area contributed by atoms with Crippen molar-refractivity contribution in [1.29, 1.82) is 0 Å². The highest BCUT2D eigenvalue weighted by Crippen LogP contribution is 2.32. The Bertz CT molecular complexity index is 1100. The van der Waals surface area contributed by atoms with Gasteiger partial charge in [-0.05, 0) is 25.1 Å². The number of rotatable bonds is 6. The second-order valence-corrected chi connectivity index (χ2v) is 7.78. The molecule has 1 N–H and O–H groups in total. The quantitative estimate of drug-likeness (QED) is 0.469. The third-order valence-corrected chi connectivity index (χ3v) is 5.70. The van der Waals surface area contributed by atoms with Crippen LogP contribution in [0.1, 0.15) is 18.4 Å². The number of amides is 1. The molecule has 4 aromatic rings. The van der Waals surface area contributed by atoms with Crippen molar-refractivity contribution in [2.75, 3.05) is 5.32 Å². The van der Waals surface area contributed by atoms with Crippen molar-refractivity contribution in [2.45, 2.75) is 24.8 Å². The summed E-state index contributed by atoms with van der Waals surface area (Å²) in [6.45, 7) is 3.38. The summed E-state index contributed by atoms with van der Waals surface area (Å²) in [5.74, 6) is 2.01. The minimum atomic E-state index is -0.127. The Kier molecular flexibility index (Phi) is 5.27. The van der Waals surface area contributed by atoms with Crippen LogP contribution < -0.4 is 5.32 Å². The van der Waals surface area contributed by atoms with E-state index in [-0.39, 0.29) is 5.91 Å². The molecule has 0 fully saturated rings. The molecule has 0 aliphatic carbocycles. The highest BCUT2D eigenvalue weighted by Gasteiger charge is 2.19. The van der Waals surface area contributed by atoms with E-state index in [2.05, 4.69) is 20.5 Å². The van der Waals surface area contributed by atoms with Crippen LogP contribution in [0.25, 0.3) is 17.1 Å². The first-order chi connectivity index (χ1) is 13.6. The van der Waals surface area contributed by atoms with E-state index in [1.165, 1.54) is 18.3 Å². The van der Waals surface area contributed by atoms with E-state index in [1.807, 2.05) is 53.3 Å². The number of thiazole rings is 1. The molecule has 0 radical (unpaired) electrons. The number of hydrogen-bond acceptors (Lipinski definition) is 7. The molecule has 3 aromatic heterocycles. The van der Waals surface area contributed by atoms with Gasteiger partial charge < -0.3 is 9.73 Å². The highest BCUT2D eigenvalue weighted by molar-refractivity contribution is 7.98. The molecule has 142 valence electrons. The number of thioether (sulfide) groups is 1. The molecule has 0 unspecified atom stereocenters. The highest BCUT2D eigenvalue weighted by atomic mass is 32.2. The molecule has 1 aromatic carbocycles. The van der Waals surface area contributed by atoms with Gasteiger partial charge in [-0.1, -0.05) is 30.0 Å². The van der Waals surface area contributed by atoms with Crippen LogP contribution in [0, 0.1) is 6.92 Å². The number of para-hydroxylation sites is 1. The fourth-order valence-electron chi connectivity index (χ4n) is 2.68. The lowest BCUT2D eigenvalue weighted by atomic mass is 10.2. The topological polar surface area (TPSA) is 85.8 Å². The van der Waals surface area contributed by atoms with Crippen molar-refractivity contribution < 1.29 is 9.21 Å². The number of anilines is 1. The van der Waals surface area contributed by atoms with Crippen molar-refractivity contribution in [3.8, 4) is 17.1 Å². The Morgan fingerprint density at radius 3 is 2.79 bits per heavy atom. The Hall–Kier alpha value is -2.91. The van der Waals surface area contributed by atoms with Crippen LogP contribution in [-0.4, -0.2) is 25.7 Å². The van der Waals surface area contributed by atoms with Crippen LogP contribution in [0.2, 0.25) is 0 Å². The molecule has 3 heterocycles. The molecule has 4 rings (SSSR count). The number of nitrogens with zero attached hydrogens (tertiary/aromatic N) is 4. The molecular weight excluding hydrogens is 394 g/mol. The fraction of sp³-hybridized carbons (Fsp3) is 0.158. The maximum Gasteiger partial charge on any atom is 0.223 e. The average Bonchev–Trinajstić information content (AvgIpc) is 3.40. The number of nitrogens with one attached hydrogen (secondary N) is 1. The molecule has 0 saturated heterocycles. The van der Waals surface area contributed by atoms with Crippen molar-refractivity contribution >= 4 is 34.1 Å². The molecule has 28 heavy (non-hydrogen) atoms. The number of benzene rings is 1. The normalized spacial score (nSPS) is 10.9. The van der Waals surface area contributed by atoms with Gasteiger partial charge in [0.25, 0.3) is 0 Å². The zero-order chi connectivity index (χ0) is 19.5. The first kappa shape index (κ1) is 18.5. The molecule has 0 saturated carbocycles. The van der Waals surface area contributed by atoms with Crippen molar-refractivity contribution in [3.05, 3.63) is 59.5 Å². The molecular formula is C19H17N5O2S2. The van der Waals surface area contributed by atoms with E-state index in [1.54, 1.807) is 18.0 Å². The fourth-order valence-corrected chi connectivity index (χ4v) is 4.39. The largest absolute Gasteiger partial charge is 0.469 e. The van der Waals surface area contributed by atoms with Crippen molar-refractivity contribution in [3.63, 3.8) is 0 Å². The van der Waals surface area contributed by atoms with Gasteiger partial charge in [-0.15, -0.1) is 21.5 Å². The van der Waals surface area contributed by atoms with Crippen molar-refractivity contribution in [1.82, 2.24) is 19.7 Å². The second kappa shape index (κ2) is 7.99. The van der Waals surface area contributed by atoms with Gasteiger partial charge in [-0.2, -0.15) is 0 Å². The zero-order valence-corrected chi connectivity index (χ0v) is 16.9. The van der Waals surface area contributed by atoms with Gasteiger partial charge in [0.15, 0.2) is 16.1 Å². The average molecular weight is 412 g/mol. The summed E-state index contributed by atoms with van der Waals surface area (Å²) in [5.41, 5.74) is 2.76. The lowest BCUT2D eigenvalue weighted by molar-refractivity contribution is -0.114. The van der Waals surface area contributed by atoms with Crippen LogP contribution in [0.3, 0.4) is 0 Å².